The van der Waals surface area contributed by atoms with Crippen molar-refractivity contribution in [3.63, 3.8) is 0 Å². The third-order valence-corrected chi connectivity index (χ3v) is 3.18. The van der Waals surface area contributed by atoms with Crippen LogP contribution < -0.4 is 11.2 Å². The van der Waals surface area contributed by atoms with E-state index in [-0.39, 0.29) is 5.11 Å². The van der Waals surface area contributed by atoms with Gasteiger partial charge >= 0.3 is 0 Å². The molecule has 1 aromatic carbocycles. The average Bonchev–Trinajstić information content (AvgIpc) is 3.16. The van der Waals surface area contributed by atoms with E-state index in [1.807, 2.05) is 37.3 Å². The zero-order valence-electron chi connectivity index (χ0n) is 12.3. The Kier molecular flexibility index (Phi) is 4.11. The lowest BCUT2D eigenvalue weighted by atomic mass is 10.2. The van der Waals surface area contributed by atoms with Crippen molar-refractivity contribution in [1.82, 2.24) is 30.0 Å². The van der Waals surface area contributed by atoms with E-state index in [4.69, 9.17) is 18.0 Å². The van der Waals surface area contributed by atoms with Gasteiger partial charge in [0.1, 0.15) is 12.7 Å². The molecule has 0 saturated carbocycles. The first-order valence-corrected chi connectivity index (χ1v) is 7.16. The molecular formula is C14H14N8S. The van der Waals surface area contributed by atoms with Crippen molar-refractivity contribution >= 4 is 23.5 Å². The number of nitrogens with two attached hydrogens (primary N) is 1. The van der Waals surface area contributed by atoms with E-state index < -0.39 is 0 Å². The lowest BCUT2D eigenvalue weighted by molar-refractivity contribution is 0.760. The molecule has 0 spiro atoms. The highest BCUT2D eigenvalue weighted by Gasteiger charge is 2.17. The second-order valence-electron chi connectivity index (χ2n) is 4.64. The molecule has 116 valence electrons. The summed E-state index contributed by atoms with van der Waals surface area (Å²) in [5, 5.41) is 12.9. The monoisotopic (exact) mass is 326 g/mol. The number of hydrazone groups is 1. The second kappa shape index (κ2) is 6.36. The minimum atomic E-state index is 0.0941. The van der Waals surface area contributed by atoms with Gasteiger partial charge in [-0.3, -0.25) is 5.43 Å². The van der Waals surface area contributed by atoms with Crippen LogP contribution in [0.5, 0.6) is 0 Å². The maximum Gasteiger partial charge on any atom is 0.184 e. The number of aryl methyl sites for hydroxylation is 1. The Hall–Kier alpha value is -3.07. The summed E-state index contributed by atoms with van der Waals surface area (Å²) in [4.78, 5) is 4.00. The SMILES string of the molecule is Cc1nn(-c2ccccc2)c(-n2cncn2)c1C=NNC(N)=S. The topological polar surface area (TPSA) is 98.9 Å². The van der Waals surface area contributed by atoms with Gasteiger partial charge in [0.25, 0.3) is 0 Å². The fourth-order valence-corrected chi connectivity index (χ4v) is 2.18. The van der Waals surface area contributed by atoms with Crippen molar-refractivity contribution in [3.05, 3.63) is 54.2 Å². The number of hydrogen-bond donors (Lipinski definition) is 2. The van der Waals surface area contributed by atoms with Crippen LogP contribution in [0.4, 0.5) is 0 Å². The van der Waals surface area contributed by atoms with Crippen molar-refractivity contribution in [2.45, 2.75) is 6.92 Å². The van der Waals surface area contributed by atoms with Gasteiger partial charge in [-0.1, -0.05) is 18.2 Å². The number of nitrogens with one attached hydrogen (secondary N) is 1. The first-order chi connectivity index (χ1) is 11.2. The van der Waals surface area contributed by atoms with E-state index in [1.165, 1.54) is 6.33 Å². The molecule has 23 heavy (non-hydrogen) atoms. The molecule has 3 aromatic rings. The summed E-state index contributed by atoms with van der Waals surface area (Å²) in [6, 6.07) is 9.75. The van der Waals surface area contributed by atoms with Crippen LogP contribution in [0.2, 0.25) is 0 Å². The molecule has 0 saturated heterocycles. The maximum atomic E-state index is 5.38. The van der Waals surface area contributed by atoms with Crippen molar-refractivity contribution in [2.24, 2.45) is 10.8 Å². The highest BCUT2D eigenvalue weighted by atomic mass is 32.1. The number of nitrogens with zero attached hydrogens (tertiary/aromatic N) is 6. The molecule has 3 rings (SSSR count). The van der Waals surface area contributed by atoms with E-state index in [1.54, 1.807) is 21.9 Å². The third kappa shape index (κ3) is 3.09. The van der Waals surface area contributed by atoms with Crippen molar-refractivity contribution in [1.29, 1.82) is 0 Å². The fraction of sp³-hybridized carbons (Fsp3) is 0.0714. The summed E-state index contributed by atoms with van der Waals surface area (Å²) in [6.07, 6.45) is 4.68. The van der Waals surface area contributed by atoms with Gasteiger partial charge < -0.3 is 5.73 Å². The molecule has 0 aliphatic carbocycles. The van der Waals surface area contributed by atoms with Crippen molar-refractivity contribution < 1.29 is 0 Å². The summed E-state index contributed by atoms with van der Waals surface area (Å²) < 4.78 is 3.42. The van der Waals surface area contributed by atoms with Crippen molar-refractivity contribution in [3.8, 4) is 11.5 Å². The predicted octanol–water partition coefficient (Wildman–Crippen LogP) is 0.929. The number of para-hydroxylation sites is 1. The van der Waals surface area contributed by atoms with Gasteiger partial charge in [0.15, 0.2) is 10.9 Å². The molecule has 0 radical (unpaired) electrons. The molecule has 0 bridgehead atoms. The standard InChI is InChI=1S/C14H14N8S/c1-10-12(7-17-19-14(15)23)13(21-9-16-8-18-21)22(20-10)11-5-3-2-4-6-11/h2-9H,1H3,(H3,15,19,23). The lowest BCUT2D eigenvalue weighted by Gasteiger charge is -2.07. The van der Waals surface area contributed by atoms with Gasteiger partial charge in [0, 0.05) is 0 Å². The van der Waals surface area contributed by atoms with Gasteiger partial charge in [0.05, 0.1) is 23.2 Å². The molecule has 0 aliphatic heterocycles. The van der Waals surface area contributed by atoms with Crippen LogP contribution in [0.15, 0.2) is 48.1 Å². The number of rotatable bonds is 4. The summed E-state index contributed by atoms with van der Waals surface area (Å²) in [7, 11) is 0. The molecule has 0 fully saturated rings. The molecular weight excluding hydrogens is 312 g/mol. The molecule has 9 heteroatoms. The quantitative estimate of drug-likeness (QED) is 0.420. The van der Waals surface area contributed by atoms with E-state index in [0.717, 1.165) is 22.8 Å². The summed E-state index contributed by atoms with van der Waals surface area (Å²) >= 11 is 4.74. The average molecular weight is 326 g/mol. The first kappa shape index (κ1) is 14.9. The zero-order chi connectivity index (χ0) is 16.2. The molecule has 0 aliphatic rings. The molecule has 2 heterocycles. The lowest BCUT2D eigenvalue weighted by Crippen LogP contribution is -2.24. The Morgan fingerprint density at radius 2 is 2.13 bits per heavy atom. The van der Waals surface area contributed by atoms with Crippen LogP contribution in [0.3, 0.4) is 0 Å². The molecule has 0 atom stereocenters. The van der Waals surface area contributed by atoms with Crippen LogP contribution >= 0.6 is 12.2 Å². The highest BCUT2D eigenvalue weighted by molar-refractivity contribution is 7.80. The Bertz CT molecular complexity index is 835. The highest BCUT2D eigenvalue weighted by Crippen LogP contribution is 2.20. The van der Waals surface area contributed by atoms with E-state index in [2.05, 4.69) is 25.7 Å². The minimum Gasteiger partial charge on any atom is -0.375 e. The molecule has 8 nitrogen and oxygen atoms in total. The van der Waals surface area contributed by atoms with E-state index >= 15 is 0 Å². The van der Waals surface area contributed by atoms with Crippen LogP contribution in [-0.4, -0.2) is 35.9 Å². The van der Waals surface area contributed by atoms with Gasteiger partial charge in [0.2, 0.25) is 0 Å². The number of hydrogen-bond acceptors (Lipinski definition) is 5. The van der Waals surface area contributed by atoms with Crippen LogP contribution in [-0.2, 0) is 0 Å². The Labute approximate surface area is 137 Å². The largest absolute Gasteiger partial charge is 0.375 e. The van der Waals surface area contributed by atoms with Crippen LogP contribution in [0.25, 0.3) is 11.5 Å². The smallest absolute Gasteiger partial charge is 0.184 e. The maximum absolute atomic E-state index is 5.38. The Morgan fingerprint density at radius 1 is 1.35 bits per heavy atom. The van der Waals surface area contributed by atoms with Crippen LogP contribution in [0.1, 0.15) is 11.3 Å². The number of thiocarbonyl (C=S) groups is 1. The molecule has 0 unspecified atom stereocenters. The van der Waals surface area contributed by atoms with Gasteiger partial charge in [-0.05, 0) is 31.3 Å². The first-order valence-electron chi connectivity index (χ1n) is 6.75. The summed E-state index contributed by atoms with van der Waals surface area (Å²) in [5.74, 6) is 0.722. The fourth-order valence-electron chi connectivity index (χ4n) is 2.13. The predicted molar refractivity (Wildman–Crippen MR) is 90.7 cm³/mol. The second-order valence-corrected chi connectivity index (χ2v) is 5.08. The van der Waals surface area contributed by atoms with Crippen molar-refractivity contribution in [2.75, 3.05) is 0 Å². The number of benzene rings is 1. The molecule has 2 aromatic heterocycles. The normalized spacial score (nSPS) is 11.0. The van der Waals surface area contributed by atoms with Gasteiger partial charge in [-0.25, -0.2) is 14.3 Å². The summed E-state index contributed by atoms with van der Waals surface area (Å²) in [5.41, 5.74) is 10.4. The molecule has 3 N–H and O–H groups in total. The summed E-state index contributed by atoms with van der Waals surface area (Å²) in [6.45, 7) is 1.89. The minimum absolute atomic E-state index is 0.0941. The van der Waals surface area contributed by atoms with E-state index in [9.17, 15) is 0 Å². The molecule has 0 amide bonds. The third-order valence-electron chi connectivity index (χ3n) is 3.09. The van der Waals surface area contributed by atoms with E-state index in [0.29, 0.717) is 0 Å². The van der Waals surface area contributed by atoms with Gasteiger partial charge in [-0.2, -0.15) is 15.3 Å². The van der Waals surface area contributed by atoms with Crippen LogP contribution in [0, 0.1) is 6.92 Å². The zero-order valence-corrected chi connectivity index (χ0v) is 13.1. The van der Waals surface area contributed by atoms with Gasteiger partial charge in [-0.15, -0.1) is 0 Å². The Balaban J connectivity index is 2.14. The Morgan fingerprint density at radius 3 is 2.78 bits per heavy atom. The number of aromatic nitrogens is 5.